The van der Waals surface area contributed by atoms with Gasteiger partial charge >= 0.3 is 0 Å². The molecule has 1 aliphatic heterocycles. The summed E-state index contributed by atoms with van der Waals surface area (Å²) in [6.45, 7) is 2.96. The van der Waals surface area contributed by atoms with Crippen LogP contribution in [0.2, 0.25) is 0 Å². The van der Waals surface area contributed by atoms with Gasteiger partial charge in [0.05, 0.1) is 18.1 Å². The van der Waals surface area contributed by atoms with Gasteiger partial charge in [-0.2, -0.15) is 0 Å². The Balaban J connectivity index is 1.78. The second kappa shape index (κ2) is 6.89. The van der Waals surface area contributed by atoms with E-state index in [1.54, 1.807) is 4.90 Å². The maximum Gasteiger partial charge on any atom is 0.248 e. The molecule has 0 aromatic rings. The first-order valence-electron chi connectivity index (χ1n) is 7.55. The van der Waals surface area contributed by atoms with Crippen LogP contribution in [-0.4, -0.2) is 56.5 Å². The highest BCUT2D eigenvalue weighted by Crippen LogP contribution is 2.24. The fraction of sp³-hybridized carbons (Fsp3) is 0.929. The van der Waals surface area contributed by atoms with Gasteiger partial charge in [-0.15, -0.1) is 0 Å². The first-order valence-corrected chi connectivity index (χ1v) is 9.38. The van der Waals surface area contributed by atoms with Crippen LogP contribution < -0.4 is 0 Å². The molecule has 1 unspecified atom stereocenters. The van der Waals surface area contributed by atoms with Crippen LogP contribution in [0.25, 0.3) is 0 Å². The molecule has 2 rings (SSSR count). The molecule has 0 N–H and O–H groups in total. The number of amides is 1. The van der Waals surface area contributed by atoms with Crippen LogP contribution in [-0.2, 0) is 19.4 Å². The van der Waals surface area contributed by atoms with E-state index in [0.29, 0.717) is 25.5 Å². The van der Waals surface area contributed by atoms with Gasteiger partial charge in [0.15, 0.2) is 9.84 Å². The number of carbonyl (C=O) groups is 1. The molecule has 2 aliphatic rings. The fourth-order valence-electron chi connectivity index (χ4n) is 3.01. The summed E-state index contributed by atoms with van der Waals surface area (Å²) in [7, 11) is -2.99. The lowest BCUT2D eigenvalue weighted by Gasteiger charge is -2.26. The second-order valence-electron chi connectivity index (χ2n) is 6.04. The van der Waals surface area contributed by atoms with E-state index in [2.05, 4.69) is 0 Å². The van der Waals surface area contributed by atoms with Gasteiger partial charge in [0.1, 0.15) is 6.61 Å². The van der Waals surface area contributed by atoms with E-state index in [-0.39, 0.29) is 30.1 Å². The SMILES string of the molecule is CC1CCS(=O)(=O)CCN1C(=O)COCC1CCCC1. The average Bonchev–Trinajstić information content (AvgIpc) is 2.85. The molecule has 1 saturated heterocycles. The number of nitrogens with zero attached hydrogens (tertiary/aromatic N) is 1. The van der Waals surface area contributed by atoms with Gasteiger partial charge in [0.25, 0.3) is 0 Å². The number of ether oxygens (including phenoxy) is 1. The minimum atomic E-state index is -2.99. The molecule has 6 heteroatoms. The van der Waals surface area contributed by atoms with E-state index in [4.69, 9.17) is 4.74 Å². The average molecular weight is 303 g/mol. The molecular formula is C14H25NO4S. The molecule has 0 aromatic heterocycles. The lowest BCUT2D eigenvalue weighted by atomic mass is 10.1. The van der Waals surface area contributed by atoms with Gasteiger partial charge < -0.3 is 9.64 Å². The number of carbonyl (C=O) groups excluding carboxylic acids is 1. The van der Waals surface area contributed by atoms with Crippen molar-refractivity contribution < 1.29 is 17.9 Å². The zero-order valence-corrected chi connectivity index (χ0v) is 13.0. The zero-order chi connectivity index (χ0) is 14.6. The third-order valence-electron chi connectivity index (χ3n) is 4.40. The molecule has 20 heavy (non-hydrogen) atoms. The maximum absolute atomic E-state index is 12.2. The lowest BCUT2D eigenvalue weighted by Crippen LogP contribution is -2.41. The Morgan fingerprint density at radius 3 is 2.60 bits per heavy atom. The molecule has 116 valence electrons. The Kier molecular flexibility index (Phi) is 5.43. The van der Waals surface area contributed by atoms with Crippen molar-refractivity contribution in [3.05, 3.63) is 0 Å². The number of hydrogen-bond acceptors (Lipinski definition) is 4. The van der Waals surface area contributed by atoms with Crippen LogP contribution in [0.1, 0.15) is 39.0 Å². The maximum atomic E-state index is 12.2. The molecular weight excluding hydrogens is 278 g/mol. The van der Waals surface area contributed by atoms with E-state index in [9.17, 15) is 13.2 Å². The predicted molar refractivity (Wildman–Crippen MR) is 77.2 cm³/mol. The molecule has 1 heterocycles. The Hall–Kier alpha value is -0.620. The van der Waals surface area contributed by atoms with Gasteiger partial charge in [-0.3, -0.25) is 4.79 Å². The van der Waals surface area contributed by atoms with Gasteiger partial charge in [-0.1, -0.05) is 12.8 Å². The van der Waals surface area contributed by atoms with Gasteiger partial charge in [-0.25, -0.2) is 8.42 Å². The quantitative estimate of drug-likeness (QED) is 0.783. The van der Waals surface area contributed by atoms with Crippen molar-refractivity contribution in [1.29, 1.82) is 0 Å². The summed E-state index contributed by atoms with van der Waals surface area (Å²) in [5.41, 5.74) is 0. The van der Waals surface area contributed by atoms with Gasteiger partial charge in [-0.05, 0) is 32.1 Å². The monoisotopic (exact) mass is 303 g/mol. The van der Waals surface area contributed by atoms with Crippen molar-refractivity contribution in [3.8, 4) is 0 Å². The Bertz CT molecular complexity index is 428. The van der Waals surface area contributed by atoms with Crippen molar-refractivity contribution in [2.45, 2.75) is 45.1 Å². The third kappa shape index (κ3) is 4.45. The minimum absolute atomic E-state index is 0.0187. The molecule has 0 bridgehead atoms. The van der Waals surface area contributed by atoms with Gasteiger partial charge in [0.2, 0.25) is 5.91 Å². The highest BCUT2D eigenvalue weighted by Gasteiger charge is 2.27. The first kappa shape index (κ1) is 15.8. The number of rotatable bonds is 4. The van der Waals surface area contributed by atoms with Gasteiger partial charge in [0, 0.05) is 12.6 Å². The summed E-state index contributed by atoms with van der Waals surface area (Å²) >= 11 is 0. The third-order valence-corrected chi connectivity index (χ3v) is 6.06. The van der Waals surface area contributed by atoms with Crippen LogP contribution >= 0.6 is 0 Å². The number of sulfone groups is 1. The van der Waals surface area contributed by atoms with Crippen molar-refractivity contribution in [2.24, 2.45) is 5.92 Å². The summed E-state index contributed by atoms with van der Waals surface area (Å²) in [6, 6.07) is -0.0187. The summed E-state index contributed by atoms with van der Waals surface area (Å²) in [5, 5.41) is 0. The Morgan fingerprint density at radius 1 is 1.20 bits per heavy atom. The van der Waals surface area contributed by atoms with E-state index < -0.39 is 9.84 Å². The molecule has 0 aromatic carbocycles. The molecule has 0 radical (unpaired) electrons. The van der Waals surface area contributed by atoms with Crippen molar-refractivity contribution in [3.63, 3.8) is 0 Å². The normalized spacial score (nSPS) is 27.4. The largest absolute Gasteiger partial charge is 0.371 e. The topological polar surface area (TPSA) is 63.7 Å². The highest BCUT2D eigenvalue weighted by molar-refractivity contribution is 7.91. The van der Waals surface area contributed by atoms with Crippen LogP contribution in [0.15, 0.2) is 0 Å². The zero-order valence-electron chi connectivity index (χ0n) is 12.2. The fourth-order valence-corrected chi connectivity index (χ4v) is 4.39. The van der Waals surface area contributed by atoms with Crippen LogP contribution in [0.5, 0.6) is 0 Å². The smallest absolute Gasteiger partial charge is 0.248 e. The summed E-state index contributed by atoms with van der Waals surface area (Å²) in [5.74, 6) is 0.782. The molecule has 5 nitrogen and oxygen atoms in total. The highest BCUT2D eigenvalue weighted by atomic mass is 32.2. The molecule has 1 aliphatic carbocycles. The summed E-state index contributed by atoms with van der Waals surface area (Å²) < 4.78 is 28.7. The predicted octanol–water partition coefficient (Wildman–Crippen LogP) is 1.23. The van der Waals surface area contributed by atoms with Crippen molar-refractivity contribution >= 4 is 15.7 Å². The molecule has 1 atom stereocenters. The van der Waals surface area contributed by atoms with E-state index in [0.717, 1.165) is 0 Å². The van der Waals surface area contributed by atoms with Crippen LogP contribution in [0.4, 0.5) is 0 Å². The van der Waals surface area contributed by atoms with E-state index in [1.165, 1.54) is 25.7 Å². The van der Waals surface area contributed by atoms with E-state index in [1.807, 2.05) is 6.92 Å². The standard InChI is InChI=1S/C14H25NO4S/c1-12-6-8-20(17,18)9-7-15(12)14(16)11-19-10-13-4-2-3-5-13/h12-13H,2-11H2,1H3. The first-order chi connectivity index (χ1) is 9.48. The van der Waals surface area contributed by atoms with Crippen molar-refractivity contribution in [1.82, 2.24) is 4.90 Å². The molecule has 2 fully saturated rings. The number of hydrogen-bond donors (Lipinski definition) is 0. The summed E-state index contributed by atoms with van der Waals surface area (Å²) in [6.07, 6.45) is 5.46. The molecule has 1 saturated carbocycles. The minimum Gasteiger partial charge on any atom is -0.371 e. The van der Waals surface area contributed by atoms with Crippen molar-refractivity contribution in [2.75, 3.05) is 31.3 Å². The van der Waals surface area contributed by atoms with E-state index >= 15 is 0 Å². The van der Waals surface area contributed by atoms with Crippen LogP contribution in [0, 0.1) is 5.92 Å². The van der Waals surface area contributed by atoms with Crippen LogP contribution in [0.3, 0.4) is 0 Å². The Labute approximate surface area is 121 Å². The summed E-state index contributed by atoms with van der Waals surface area (Å²) in [4.78, 5) is 13.8. The molecule has 1 amide bonds. The molecule has 0 spiro atoms. The second-order valence-corrected chi connectivity index (χ2v) is 8.35. The lowest BCUT2D eigenvalue weighted by molar-refractivity contribution is -0.138. The Morgan fingerprint density at radius 2 is 1.90 bits per heavy atom.